The topological polar surface area (TPSA) is 26.3 Å². The van der Waals surface area contributed by atoms with Crippen molar-refractivity contribution in [1.29, 1.82) is 0 Å². The van der Waals surface area contributed by atoms with Crippen LogP contribution in [0.5, 0.6) is 0 Å². The van der Waals surface area contributed by atoms with E-state index in [0.717, 1.165) is 19.3 Å². The van der Waals surface area contributed by atoms with Gasteiger partial charge in [0.05, 0.1) is 0 Å². The molecule has 1 aliphatic rings. The molecule has 2 nitrogen and oxygen atoms in total. The van der Waals surface area contributed by atoms with Crippen molar-refractivity contribution in [2.75, 3.05) is 0 Å². The molecule has 1 fully saturated rings. The van der Waals surface area contributed by atoms with Crippen LogP contribution >= 0.6 is 0 Å². The second-order valence-electron chi connectivity index (χ2n) is 6.65. The Morgan fingerprint density at radius 1 is 0.762 bits per heavy atom. The van der Waals surface area contributed by atoms with Crippen LogP contribution in [0.15, 0.2) is 0 Å². The predicted octanol–water partition coefficient (Wildman–Crippen LogP) is 6.17. The molecule has 1 atom stereocenters. The van der Waals surface area contributed by atoms with E-state index in [4.69, 9.17) is 4.74 Å². The maximum Gasteiger partial charge on any atom is 0.306 e. The smallest absolute Gasteiger partial charge is 0.306 e. The van der Waals surface area contributed by atoms with Crippen molar-refractivity contribution in [2.24, 2.45) is 0 Å². The fourth-order valence-electron chi connectivity index (χ4n) is 3.18. The minimum atomic E-state index is 0.0305. The number of rotatable bonds is 1. The molecule has 0 amide bonds. The summed E-state index contributed by atoms with van der Waals surface area (Å²) in [4.78, 5) is 11.8. The summed E-state index contributed by atoms with van der Waals surface area (Å²) in [5, 5.41) is 0. The van der Waals surface area contributed by atoms with E-state index in [1.807, 2.05) is 0 Å². The monoisotopic (exact) mass is 296 g/mol. The molecule has 2 heteroatoms. The molecule has 0 spiro atoms. The van der Waals surface area contributed by atoms with Crippen molar-refractivity contribution in [3.63, 3.8) is 0 Å². The lowest BCUT2D eigenvalue weighted by Crippen LogP contribution is -2.17. The van der Waals surface area contributed by atoms with Crippen molar-refractivity contribution >= 4 is 5.97 Å². The molecule has 0 radical (unpaired) electrons. The third kappa shape index (κ3) is 10.8. The van der Waals surface area contributed by atoms with Crippen LogP contribution in [-0.4, -0.2) is 12.1 Å². The molecule has 0 saturated carbocycles. The lowest BCUT2D eigenvalue weighted by molar-refractivity contribution is -0.149. The summed E-state index contributed by atoms with van der Waals surface area (Å²) >= 11 is 0. The van der Waals surface area contributed by atoms with Gasteiger partial charge in [-0.15, -0.1) is 0 Å². The zero-order valence-corrected chi connectivity index (χ0v) is 14.2. The van der Waals surface area contributed by atoms with Gasteiger partial charge in [-0.05, 0) is 25.7 Å². The summed E-state index contributed by atoms with van der Waals surface area (Å²) in [5.74, 6) is 0.0305. The van der Waals surface area contributed by atoms with E-state index in [1.54, 1.807) is 0 Å². The zero-order chi connectivity index (χ0) is 15.2. The average molecular weight is 296 g/mol. The van der Waals surface area contributed by atoms with E-state index in [9.17, 15) is 4.79 Å². The quantitative estimate of drug-likeness (QED) is 0.540. The van der Waals surface area contributed by atoms with Crippen LogP contribution in [-0.2, 0) is 9.53 Å². The molecule has 1 heterocycles. The average Bonchev–Trinajstić information content (AvgIpc) is 2.49. The second-order valence-corrected chi connectivity index (χ2v) is 6.65. The Labute approximate surface area is 132 Å². The Hall–Kier alpha value is -0.530. The number of cyclic esters (lactones) is 1. The minimum absolute atomic E-state index is 0.0305. The molecule has 124 valence electrons. The van der Waals surface area contributed by atoms with Crippen LogP contribution in [0.3, 0.4) is 0 Å². The van der Waals surface area contributed by atoms with Crippen LogP contribution in [0.25, 0.3) is 0 Å². The molecule has 0 N–H and O–H groups in total. The van der Waals surface area contributed by atoms with E-state index in [0.29, 0.717) is 6.42 Å². The highest BCUT2D eigenvalue weighted by Crippen LogP contribution is 2.16. The highest BCUT2D eigenvalue weighted by Gasteiger charge is 2.12. The van der Waals surface area contributed by atoms with E-state index < -0.39 is 0 Å². The summed E-state index contributed by atoms with van der Waals surface area (Å²) in [6.45, 7) is 2.13. The van der Waals surface area contributed by atoms with Gasteiger partial charge in [0.25, 0.3) is 0 Å². The number of ether oxygens (including phenoxy) is 1. The molecule has 0 aliphatic carbocycles. The van der Waals surface area contributed by atoms with Crippen molar-refractivity contribution in [3.8, 4) is 0 Å². The van der Waals surface area contributed by atoms with Crippen LogP contribution in [0.1, 0.15) is 110 Å². The molecule has 0 aromatic carbocycles. The first kappa shape index (κ1) is 18.5. The number of esters is 1. The van der Waals surface area contributed by atoms with Crippen LogP contribution in [0.2, 0.25) is 0 Å². The molecule has 1 saturated heterocycles. The van der Waals surface area contributed by atoms with Crippen molar-refractivity contribution in [1.82, 2.24) is 0 Å². The fourth-order valence-corrected chi connectivity index (χ4v) is 3.18. The van der Waals surface area contributed by atoms with Crippen LogP contribution < -0.4 is 0 Å². The Bertz CT molecular complexity index is 250. The van der Waals surface area contributed by atoms with Gasteiger partial charge in [0.1, 0.15) is 6.10 Å². The lowest BCUT2D eigenvalue weighted by atomic mass is 10.0. The summed E-state index contributed by atoms with van der Waals surface area (Å²) in [5.41, 5.74) is 0. The van der Waals surface area contributed by atoms with Gasteiger partial charge < -0.3 is 4.74 Å². The Morgan fingerprint density at radius 3 is 1.67 bits per heavy atom. The predicted molar refractivity (Wildman–Crippen MR) is 89.4 cm³/mol. The highest BCUT2D eigenvalue weighted by atomic mass is 16.5. The van der Waals surface area contributed by atoms with Gasteiger partial charge in [-0.25, -0.2) is 0 Å². The first-order chi connectivity index (χ1) is 10.3. The molecule has 0 aromatic heterocycles. The highest BCUT2D eigenvalue weighted by molar-refractivity contribution is 5.69. The first-order valence-corrected chi connectivity index (χ1v) is 9.52. The van der Waals surface area contributed by atoms with Crippen molar-refractivity contribution in [3.05, 3.63) is 0 Å². The standard InChI is InChI=1S/C19H36O2/c1-2-18-16-14-12-10-8-6-4-3-5-7-9-11-13-15-17-19(20)21-18/h18H,2-17H2,1H3. The zero-order valence-electron chi connectivity index (χ0n) is 14.2. The lowest BCUT2D eigenvalue weighted by Gasteiger charge is -2.16. The maximum atomic E-state index is 11.8. The molecular weight excluding hydrogens is 260 g/mol. The number of hydrogen-bond donors (Lipinski definition) is 0. The Kier molecular flexibility index (Phi) is 11.6. The first-order valence-electron chi connectivity index (χ1n) is 9.52. The van der Waals surface area contributed by atoms with E-state index in [2.05, 4.69) is 6.92 Å². The molecule has 1 unspecified atom stereocenters. The largest absolute Gasteiger partial charge is 0.462 e. The summed E-state index contributed by atoms with van der Waals surface area (Å²) < 4.78 is 5.61. The number of hydrogen-bond acceptors (Lipinski definition) is 2. The van der Waals surface area contributed by atoms with Gasteiger partial charge in [-0.3, -0.25) is 4.79 Å². The third-order valence-electron chi connectivity index (χ3n) is 4.66. The molecular formula is C19H36O2. The molecule has 1 aliphatic heterocycles. The van der Waals surface area contributed by atoms with E-state index in [1.165, 1.54) is 77.0 Å². The normalized spacial score (nSPS) is 25.6. The molecule has 0 bridgehead atoms. The van der Waals surface area contributed by atoms with Crippen molar-refractivity contribution in [2.45, 2.75) is 116 Å². The van der Waals surface area contributed by atoms with Gasteiger partial charge in [0.15, 0.2) is 0 Å². The van der Waals surface area contributed by atoms with Gasteiger partial charge in [0, 0.05) is 6.42 Å². The van der Waals surface area contributed by atoms with Gasteiger partial charge in [-0.2, -0.15) is 0 Å². The van der Waals surface area contributed by atoms with E-state index in [-0.39, 0.29) is 12.1 Å². The van der Waals surface area contributed by atoms with Crippen LogP contribution in [0, 0.1) is 0 Å². The van der Waals surface area contributed by atoms with Gasteiger partial charge in [0.2, 0.25) is 0 Å². The summed E-state index contributed by atoms with van der Waals surface area (Å²) in [6, 6.07) is 0. The van der Waals surface area contributed by atoms with Gasteiger partial charge >= 0.3 is 5.97 Å². The molecule has 1 rings (SSSR count). The molecule has 0 aromatic rings. The summed E-state index contributed by atoms with van der Waals surface area (Å²) in [6.07, 6.45) is 19.9. The van der Waals surface area contributed by atoms with E-state index >= 15 is 0 Å². The number of carbonyl (C=O) groups excluding carboxylic acids is 1. The second kappa shape index (κ2) is 13.2. The molecule has 21 heavy (non-hydrogen) atoms. The Morgan fingerprint density at radius 2 is 1.19 bits per heavy atom. The van der Waals surface area contributed by atoms with Crippen LogP contribution in [0.4, 0.5) is 0 Å². The Balaban J connectivity index is 2.26. The number of carbonyl (C=O) groups is 1. The maximum absolute atomic E-state index is 11.8. The van der Waals surface area contributed by atoms with Gasteiger partial charge in [-0.1, -0.05) is 77.6 Å². The SMILES string of the molecule is CCC1CCCCCCCCCCCCCCCC(=O)O1. The third-order valence-corrected chi connectivity index (χ3v) is 4.66. The minimum Gasteiger partial charge on any atom is -0.462 e. The van der Waals surface area contributed by atoms with Crippen molar-refractivity contribution < 1.29 is 9.53 Å². The summed E-state index contributed by atoms with van der Waals surface area (Å²) in [7, 11) is 0. The fraction of sp³-hybridized carbons (Fsp3) is 0.947.